The van der Waals surface area contributed by atoms with Gasteiger partial charge in [0, 0.05) is 11.3 Å². The number of quaternary nitrogens is 1. The molecule has 5 heteroatoms. The van der Waals surface area contributed by atoms with Crippen molar-refractivity contribution in [1.29, 1.82) is 0 Å². The number of rotatable bonds is 7. The highest BCUT2D eigenvalue weighted by atomic mass is 16.5. The van der Waals surface area contributed by atoms with E-state index in [1.807, 2.05) is 51.2 Å². The molecule has 0 saturated heterocycles. The Labute approximate surface area is 149 Å². The summed E-state index contributed by atoms with van der Waals surface area (Å²) in [5, 5.41) is 2.99. The van der Waals surface area contributed by atoms with Gasteiger partial charge in [0.25, 0.3) is 5.91 Å². The smallest absolute Gasteiger partial charge is 0.279 e. The average molecular weight is 343 g/mol. The SMILES string of the molecule is COc1ccc(C[NH+](C)CC(=O)Nc2ccc(C)cc2C)cc1OC. The third-order valence-electron chi connectivity index (χ3n) is 4.07. The molecule has 0 aromatic heterocycles. The molecule has 1 unspecified atom stereocenters. The van der Waals surface area contributed by atoms with E-state index in [4.69, 9.17) is 9.47 Å². The second-order valence-electron chi connectivity index (χ2n) is 6.37. The maximum absolute atomic E-state index is 12.3. The van der Waals surface area contributed by atoms with Crippen LogP contribution in [0.3, 0.4) is 0 Å². The Morgan fingerprint density at radius 2 is 1.76 bits per heavy atom. The minimum absolute atomic E-state index is 0.00456. The van der Waals surface area contributed by atoms with Crippen molar-refractivity contribution in [2.75, 3.05) is 33.1 Å². The first-order chi connectivity index (χ1) is 11.9. The summed E-state index contributed by atoms with van der Waals surface area (Å²) in [6.07, 6.45) is 0. The number of methoxy groups -OCH3 is 2. The van der Waals surface area contributed by atoms with Crippen LogP contribution < -0.4 is 19.7 Å². The van der Waals surface area contributed by atoms with Crippen molar-refractivity contribution >= 4 is 11.6 Å². The number of hydrogen-bond acceptors (Lipinski definition) is 3. The third kappa shape index (κ3) is 5.22. The van der Waals surface area contributed by atoms with Gasteiger partial charge in [-0.2, -0.15) is 0 Å². The molecule has 2 aromatic carbocycles. The maximum atomic E-state index is 12.3. The van der Waals surface area contributed by atoms with Crippen molar-refractivity contribution in [1.82, 2.24) is 0 Å². The van der Waals surface area contributed by atoms with Crippen LogP contribution in [0.2, 0.25) is 0 Å². The summed E-state index contributed by atoms with van der Waals surface area (Å²) in [4.78, 5) is 13.4. The van der Waals surface area contributed by atoms with Crippen LogP contribution in [-0.2, 0) is 11.3 Å². The highest BCUT2D eigenvalue weighted by Crippen LogP contribution is 2.27. The van der Waals surface area contributed by atoms with Crippen molar-refractivity contribution in [3.8, 4) is 11.5 Å². The summed E-state index contributed by atoms with van der Waals surface area (Å²) in [7, 11) is 5.24. The Morgan fingerprint density at radius 1 is 1.04 bits per heavy atom. The van der Waals surface area contributed by atoms with E-state index >= 15 is 0 Å². The van der Waals surface area contributed by atoms with Gasteiger partial charge < -0.3 is 19.7 Å². The monoisotopic (exact) mass is 343 g/mol. The fraction of sp³-hybridized carbons (Fsp3) is 0.350. The topological polar surface area (TPSA) is 52.0 Å². The predicted molar refractivity (Wildman–Crippen MR) is 99.5 cm³/mol. The Balaban J connectivity index is 1.95. The number of benzene rings is 2. The largest absolute Gasteiger partial charge is 0.493 e. The summed E-state index contributed by atoms with van der Waals surface area (Å²) in [6, 6.07) is 11.8. The summed E-state index contributed by atoms with van der Waals surface area (Å²) >= 11 is 0. The molecule has 0 aliphatic heterocycles. The normalized spacial score (nSPS) is 11.7. The first-order valence-corrected chi connectivity index (χ1v) is 8.32. The highest BCUT2D eigenvalue weighted by Gasteiger charge is 2.13. The second-order valence-corrected chi connectivity index (χ2v) is 6.37. The van der Waals surface area contributed by atoms with E-state index < -0.39 is 0 Å². The molecule has 0 fully saturated rings. The summed E-state index contributed by atoms with van der Waals surface area (Å²) in [5.74, 6) is 1.41. The lowest BCUT2D eigenvalue weighted by atomic mass is 10.1. The quantitative estimate of drug-likeness (QED) is 0.808. The number of likely N-dealkylation sites (N-methyl/N-ethyl adjacent to an activating group) is 1. The average Bonchev–Trinajstić information content (AvgIpc) is 2.57. The highest BCUT2D eigenvalue weighted by molar-refractivity contribution is 5.92. The molecule has 5 nitrogen and oxygen atoms in total. The number of nitrogens with one attached hydrogen (secondary N) is 2. The molecule has 2 aromatic rings. The second kappa shape index (κ2) is 8.53. The summed E-state index contributed by atoms with van der Waals surface area (Å²) in [5.41, 5.74) is 4.22. The lowest BCUT2D eigenvalue weighted by molar-refractivity contribution is -0.885. The van der Waals surface area contributed by atoms with Crippen molar-refractivity contribution in [3.05, 3.63) is 53.1 Å². The molecule has 134 valence electrons. The van der Waals surface area contributed by atoms with E-state index in [1.165, 1.54) is 5.56 Å². The van der Waals surface area contributed by atoms with E-state index in [1.54, 1.807) is 14.2 Å². The minimum atomic E-state index is 0.00456. The van der Waals surface area contributed by atoms with Crippen molar-refractivity contribution in [2.45, 2.75) is 20.4 Å². The fourth-order valence-corrected chi connectivity index (χ4v) is 2.82. The summed E-state index contributed by atoms with van der Waals surface area (Å²) < 4.78 is 10.6. The van der Waals surface area contributed by atoms with Crippen molar-refractivity contribution < 1.29 is 19.2 Å². The molecule has 0 heterocycles. The van der Waals surface area contributed by atoms with Gasteiger partial charge in [0.2, 0.25) is 0 Å². The zero-order valence-corrected chi connectivity index (χ0v) is 15.6. The van der Waals surface area contributed by atoms with Gasteiger partial charge in [0.15, 0.2) is 18.0 Å². The molecule has 0 spiro atoms. The number of amides is 1. The van der Waals surface area contributed by atoms with Crippen LogP contribution in [0.25, 0.3) is 0 Å². The van der Waals surface area contributed by atoms with Gasteiger partial charge in [0.05, 0.1) is 21.3 Å². The van der Waals surface area contributed by atoms with Crippen LogP contribution in [0.4, 0.5) is 5.69 Å². The van der Waals surface area contributed by atoms with Crippen LogP contribution in [0, 0.1) is 13.8 Å². The van der Waals surface area contributed by atoms with Gasteiger partial charge in [-0.3, -0.25) is 4.79 Å². The first kappa shape index (κ1) is 18.8. The van der Waals surface area contributed by atoms with Crippen molar-refractivity contribution in [3.63, 3.8) is 0 Å². The molecular formula is C20H27N2O3+. The Kier molecular flexibility index (Phi) is 6.42. The van der Waals surface area contributed by atoms with Crippen LogP contribution in [0.1, 0.15) is 16.7 Å². The lowest BCUT2D eigenvalue weighted by Gasteiger charge is -2.16. The molecule has 0 aliphatic carbocycles. The van der Waals surface area contributed by atoms with Gasteiger partial charge in [-0.25, -0.2) is 0 Å². The van der Waals surface area contributed by atoms with Crippen LogP contribution in [-0.4, -0.2) is 33.7 Å². The zero-order chi connectivity index (χ0) is 18.4. The molecule has 0 saturated carbocycles. The number of aryl methyl sites for hydroxylation is 2. The molecule has 2 rings (SSSR count). The van der Waals surface area contributed by atoms with Crippen LogP contribution in [0.15, 0.2) is 36.4 Å². The number of ether oxygens (including phenoxy) is 2. The third-order valence-corrected chi connectivity index (χ3v) is 4.07. The molecule has 0 aliphatic rings. The van der Waals surface area contributed by atoms with E-state index in [0.717, 1.165) is 28.3 Å². The van der Waals surface area contributed by atoms with Gasteiger partial charge in [0.1, 0.15) is 6.54 Å². The number of anilines is 1. The predicted octanol–water partition coefficient (Wildman–Crippen LogP) is 1.97. The Hall–Kier alpha value is -2.53. The van der Waals surface area contributed by atoms with E-state index in [9.17, 15) is 4.79 Å². The standard InChI is InChI=1S/C20H26N2O3/c1-14-6-8-17(15(2)10-14)21-20(23)13-22(3)12-16-7-9-18(24-4)19(11-16)25-5/h6-11H,12-13H2,1-5H3,(H,21,23)/p+1. The molecule has 2 N–H and O–H groups in total. The van der Waals surface area contributed by atoms with Gasteiger partial charge in [-0.05, 0) is 43.7 Å². The number of carbonyl (C=O) groups is 1. The van der Waals surface area contributed by atoms with E-state index in [0.29, 0.717) is 18.0 Å². The minimum Gasteiger partial charge on any atom is -0.493 e. The van der Waals surface area contributed by atoms with Gasteiger partial charge >= 0.3 is 0 Å². The fourth-order valence-electron chi connectivity index (χ4n) is 2.82. The molecule has 0 bridgehead atoms. The van der Waals surface area contributed by atoms with E-state index in [-0.39, 0.29) is 5.91 Å². The summed E-state index contributed by atoms with van der Waals surface area (Å²) in [6.45, 7) is 5.16. The Bertz CT molecular complexity index is 744. The number of carbonyl (C=O) groups excluding carboxylic acids is 1. The van der Waals surface area contributed by atoms with Crippen LogP contribution in [0.5, 0.6) is 11.5 Å². The molecule has 25 heavy (non-hydrogen) atoms. The lowest BCUT2D eigenvalue weighted by Crippen LogP contribution is -3.08. The zero-order valence-electron chi connectivity index (χ0n) is 15.6. The molecule has 1 atom stereocenters. The number of hydrogen-bond donors (Lipinski definition) is 2. The first-order valence-electron chi connectivity index (χ1n) is 8.32. The van der Waals surface area contributed by atoms with Crippen LogP contribution >= 0.6 is 0 Å². The van der Waals surface area contributed by atoms with Gasteiger partial charge in [-0.1, -0.05) is 17.7 Å². The molecular weight excluding hydrogens is 316 g/mol. The maximum Gasteiger partial charge on any atom is 0.279 e. The van der Waals surface area contributed by atoms with Crippen molar-refractivity contribution in [2.24, 2.45) is 0 Å². The van der Waals surface area contributed by atoms with Gasteiger partial charge in [-0.15, -0.1) is 0 Å². The molecule has 1 amide bonds. The molecule has 0 radical (unpaired) electrons. The van der Waals surface area contributed by atoms with E-state index in [2.05, 4.69) is 11.4 Å². The Morgan fingerprint density at radius 3 is 2.40 bits per heavy atom.